The molecule has 0 unspecified atom stereocenters. The van der Waals surface area contributed by atoms with Crippen molar-refractivity contribution in [3.63, 3.8) is 0 Å². The Balaban J connectivity index is 1.51. The molecule has 10 heteroatoms. The zero-order valence-corrected chi connectivity index (χ0v) is 16.0. The Morgan fingerprint density at radius 1 is 1.24 bits per heavy atom. The molecule has 8 nitrogen and oxygen atoms in total. The van der Waals surface area contributed by atoms with Gasteiger partial charge in [0, 0.05) is 16.9 Å². The van der Waals surface area contributed by atoms with Crippen LogP contribution in [0.25, 0.3) is 5.69 Å². The van der Waals surface area contributed by atoms with E-state index in [2.05, 4.69) is 25.9 Å². The lowest BCUT2D eigenvalue weighted by Gasteiger charge is -2.08. The zero-order chi connectivity index (χ0) is 20.4. The number of hydrogen-bond donors (Lipinski definition) is 1. The van der Waals surface area contributed by atoms with Crippen molar-refractivity contribution < 1.29 is 9.18 Å². The van der Waals surface area contributed by atoms with Crippen LogP contribution in [-0.2, 0) is 6.54 Å². The van der Waals surface area contributed by atoms with E-state index >= 15 is 0 Å². The fourth-order valence-electron chi connectivity index (χ4n) is 2.78. The van der Waals surface area contributed by atoms with Crippen molar-refractivity contribution in [2.24, 2.45) is 0 Å². The highest BCUT2D eigenvalue weighted by atomic mass is 35.5. The zero-order valence-electron chi connectivity index (χ0n) is 15.3. The molecule has 2 aromatic carbocycles. The standard InChI is InChI=1S/C19H15ClFN7O/c1-12-24-25-26-28(12)18-8-15(6-7-17(18)21)23-19(29)14-9-22-27(11-14)10-13-4-2-3-5-16(13)20/h2-9,11H,10H2,1H3,(H,23,29). The van der Waals surface area contributed by atoms with Gasteiger partial charge in [0.05, 0.1) is 18.3 Å². The summed E-state index contributed by atoms with van der Waals surface area (Å²) >= 11 is 6.16. The second-order valence-electron chi connectivity index (χ2n) is 6.28. The van der Waals surface area contributed by atoms with Crippen molar-refractivity contribution in [1.82, 2.24) is 30.0 Å². The average Bonchev–Trinajstić information content (AvgIpc) is 3.34. The molecule has 1 amide bonds. The number of benzene rings is 2. The van der Waals surface area contributed by atoms with Gasteiger partial charge in [-0.15, -0.1) is 5.10 Å². The minimum absolute atomic E-state index is 0.139. The summed E-state index contributed by atoms with van der Waals surface area (Å²) < 4.78 is 17.0. The Labute approximate surface area is 169 Å². The molecule has 146 valence electrons. The van der Waals surface area contributed by atoms with Crippen molar-refractivity contribution >= 4 is 23.2 Å². The third-order valence-corrected chi connectivity index (χ3v) is 4.61. The van der Waals surface area contributed by atoms with Crippen LogP contribution in [0.15, 0.2) is 54.9 Å². The summed E-state index contributed by atoms with van der Waals surface area (Å²) in [5.41, 5.74) is 1.80. The van der Waals surface area contributed by atoms with Gasteiger partial charge in [0.1, 0.15) is 11.5 Å². The van der Waals surface area contributed by atoms with Crippen LogP contribution in [0.4, 0.5) is 10.1 Å². The Kier molecular flexibility index (Phi) is 5.05. The highest BCUT2D eigenvalue weighted by molar-refractivity contribution is 6.31. The van der Waals surface area contributed by atoms with E-state index < -0.39 is 5.82 Å². The van der Waals surface area contributed by atoms with Crippen LogP contribution in [0.5, 0.6) is 0 Å². The van der Waals surface area contributed by atoms with Gasteiger partial charge in [-0.05, 0) is 47.2 Å². The summed E-state index contributed by atoms with van der Waals surface area (Å²) in [5, 5.41) is 18.6. The minimum atomic E-state index is -0.508. The molecule has 0 aliphatic carbocycles. The van der Waals surface area contributed by atoms with Gasteiger partial charge in [-0.3, -0.25) is 9.48 Å². The van der Waals surface area contributed by atoms with Crippen LogP contribution >= 0.6 is 11.6 Å². The summed E-state index contributed by atoms with van der Waals surface area (Å²) in [4.78, 5) is 12.6. The smallest absolute Gasteiger partial charge is 0.258 e. The van der Waals surface area contributed by atoms with E-state index in [1.54, 1.807) is 23.9 Å². The predicted octanol–water partition coefficient (Wildman–Crippen LogP) is 3.26. The molecule has 1 N–H and O–H groups in total. The molecular weight excluding hydrogens is 397 g/mol. The van der Waals surface area contributed by atoms with Crippen molar-refractivity contribution in [2.45, 2.75) is 13.5 Å². The molecule has 0 saturated heterocycles. The summed E-state index contributed by atoms with van der Waals surface area (Å²) in [6.07, 6.45) is 3.08. The van der Waals surface area contributed by atoms with E-state index in [0.717, 1.165) is 5.56 Å². The minimum Gasteiger partial charge on any atom is -0.322 e. The number of nitrogens with one attached hydrogen (secondary N) is 1. The van der Waals surface area contributed by atoms with Gasteiger partial charge in [-0.25, -0.2) is 4.39 Å². The fraction of sp³-hybridized carbons (Fsp3) is 0.105. The quantitative estimate of drug-likeness (QED) is 0.544. The Morgan fingerprint density at radius 3 is 2.83 bits per heavy atom. The second-order valence-corrected chi connectivity index (χ2v) is 6.68. The average molecular weight is 412 g/mol. The molecule has 0 spiro atoms. The number of nitrogens with zero attached hydrogens (tertiary/aromatic N) is 6. The lowest BCUT2D eigenvalue weighted by Crippen LogP contribution is -2.12. The third kappa shape index (κ3) is 3.99. The molecule has 2 aromatic heterocycles. The summed E-state index contributed by atoms with van der Waals surface area (Å²) in [6.45, 7) is 2.09. The van der Waals surface area contributed by atoms with Crippen LogP contribution in [0, 0.1) is 12.7 Å². The molecule has 0 saturated carbocycles. The van der Waals surface area contributed by atoms with E-state index in [-0.39, 0.29) is 11.6 Å². The van der Waals surface area contributed by atoms with Crippen LogP contribution in [0.2, 0.25) is 5.02 Å². The van der Waals surface area contributed by atoms with Gasteiger partial charge in [0.15, 0.2) is 5.82 Å². The number of halogens is 2. The molecule has 0 fully saturated rings. The summed E-state index contributed by atoms with van der Waals surface area (Å²) in [6, 6.07) is 11.6. The maximum atomic E-state index is 14.2. The number of carbonyl (C=O) groups excluding carboxylic acids is 1. The van der Waals surface area contributed by atoms with Crippen molar-refractivity contribution in [3.05, 3.63) is 82.6 Å². The molecule has 0 radical (unpaired) electrons. The molecule has 4 aromatic rings. The molecule has 0 atom stereocenters. The first-order chi connectivity index (χ1) is 14.0. The molecule has 2 heterocycles. The molecule has 29 heavy (non-hydrogen) atoms. The van der Waals surface area contributed by atoms with E-state index in [0.29, 0.717) is 28.6 Å². The highest BCUT2D eigenvalue weighted by Crippen LogP contribution is 2.20. The number of anilines is 1. The fourth-order valence-corrected chi connectivity index (χ4v) is 2.97. The normalized spacial score (nSPS) is 10.9. The summed E-state index contributed by atoms with van der Waals surface area (Å²) in [5.74, 6) is -0.458. The largest absolute Gasteiger partial charge is 0.322 e. The van der Waals surface area contributed by atoms with Crippen LogP contribution in [0.3, 0.4) is 0 Å². The molecular formula is C19H15ClFN7O. The van der Waals surface area contributed by atoms with Gasteiger partial charge in [0.2, 0.25) is 0 Å². The maximum absolute atomic E-state index is 14.2. The number of aromatic nitrogens is 6. The highest BCUT2D eigenvalue weighted by Gasteiger charge is 2.14. The van der Waals surface area contributed by atoms with Crippen molar-refractivity contribution in [2.75, 3.05) is 5.32 Å². The van der Waals surface area contributed by atoms with E-state index in [1.165, 1.54) is 29.1 Å². The van der Waals surface area contributed by atoms with Crippen molar-refractivity contribution in [1.29, 1.82) is 0 Å². The second kappa shape index (κ2) is 7.80. The van der Waals surface area contributed by atoms with E-state index in [1.807, 2.05) is 18.2 Å². The molecule has 0 aliphatic rings. The first-order valence-electron chi connectivity index (χ1n) is 8.63. The Hall–Kier alpha value is -3.59. The first-order valence-corrected chi connectivity index (χ1v) is 9.01. The van der Waals surface area contributed by atoms with Crippen LogP contribution < -0.4 is 5.32 Å². The predicted molar refractivity (Wildman–Crippen MR) is 105 cm³/mol. The Morgan fingerprint density at radius 2 is 2.07 bits per heavy atom. The van der Waals surface area contributed by atoms with E-state index in [9.17, 15) is 9.18 Å². The SMILES string of the molecule is Cc1nnnn1-c1cc(NC(=O)c2cnn(Cc3ccccc3Cl)c2)ccc1F. The van der Waals surface area contributed by atoms with Crippen LogP contribution in [-0.4, -0.2) is 35.9 Å². The van der Waals surface area contributed by atoms with E-state index in [4.69, 9.17) is 11.6 Å². The molecule has 0 bridgehead atoms. The number of carbonyl (C=O) groups is 1. The Bertz CT molecular complexity index is 1190. The van der Waals surface area contributed by atoms with Gasteiger partial charge >= 0.3 is 0 Å². The van der Waals surface area contributed by atoms with Gasteiger partial charge < -0.3 is 5.32 Å². The van der Waals surface area contributed by atoms with Crippen molar-refractivity contribution in [3.8, 4) is 5.69 Å². The number of aryl methyl sites for hydroxylation is 1. The van der Waals surface area contributed by atoms with Gasteiger partial charge in [-0.1, -0.05) is 29.8 Å². The van der Waals surface area contributed by atoms with Crippen LogP contribution in [0.1, 0.15) is 21.7 Å². The van der Waals surface area contributed by atoms with Gasteiger partial charge in [-0.2, -0.15) is 9.78 Å². The third-order valence-electron chi connectivity index (χ3n) is 4.24. The monoisotopic (exact) mass is 411 g/mol. The maximum Gasteiger partial charge on any atom is 0.258 e. The topological polar surface area (TPSA) is 90.5 Å². The lowest BCUT2D eigenvalue weighted by molar-refractivity contribution is 0.102. The number of tetrazole rings is 1. The number of hydrogen-bond acceptors (Lipinski definition) is 5. The van der Waals surface area contributed by atoms with Gasteiger partial charge in [0.25, 0.3) is 5.91 Å². The number of rotatable bonds is 5. The lowest BCUT2D eigenvalue weighted by atomic mass is 10.2. The molecule has 0 aliphatic heterocycles. The molecule has 4 rings (SSSR count). The first kappa shape index (κ1) is 18.8. The number of amides is 1. The summed E-state index contributed by atoms with van der Waals surface area (Å²) in [7, 11) is 0.